The average Bonchev–Trinajstić information content (AvgIpc) is 2.47. The molecule has 2 aromatic carbocycles. The van der Waals surface area contributed by atoms with Crippen LogP contribution in [0.4, 0.5) is 8.78 Å². The summed E-state index contributed by atoms with van der Waals surface area (Å²) in [6.07, 6.45) is 1.82. The number of halogens is 2. The second-order valence-corrected chi connectivity index (χ2v) is 5.16. The second kappa shape index (κ2) is 6.81. The van der Waals surface area contributed by atoms with E-state index in [1.165, 1.54) is 23.3 Å². The molecule has 0 bridgehead atoms. The SMILES string of the molecule is CCc1ccc(CC)c(C(NC)c2cc(F)cc(F)c2)c1. The van der Waals surface area contributed by atoms with Crippen molar-refractivity contribution in [3.05, 3.63) is 70.3 Å². The molecule has 0 fully saturated rings. The molecule has 0 saturated heterocycles. The Morgan fingerprint density at radius 3 is 2.14 bits per heavy atom. The first-order valence-corrected chi connectivity index (χ1v) is 7.34. The number of benzene rings is 2. The minimum Gasteiger partial charge on any atom is -0.309 e. The van der Waals surface area contributed by atoms with Gasteiger partial charge in [0.1, 0.15) is 11.6 Å². The van der Waals surface area contributed by atoms with Gasteiger partial charge in [-0.15, -0.1) is 0 Å². The lowest BCUT2D eigenvalue weighted by atomic mass is 9.91. The molecule has 1 unspecified atom stereocenters. The molecule has 1 N–H and O–H groups in total. The smallest absolute Gasteiger partial charge is 0.126 e. The minimum atomic E-state index is -0.546. The van der Waals surface area contributed by atoms with Gasteiger partial charge < -0.3 is 5.32 Å². The minimum absolute atomic E-state index is 0.211. The summed E-state index contributed by atoms with van der Waals surface area (Å²) in [5.41, 5.74) is 4.11. The van der Waals surface area contributed by atoms with Crippen molar-refractivity contribution >= 4 is 0 Å². The maximum Gasteiger partial charge on any atom is 0.126 e. The van der Waals surface area contributed by atoms with Crippen LogP contribution in [0.15, 0.2) is 36.4 Å². The maximum absolute atomic E-state index is 13.5. The summed E-state index contributed by atoms with van der Waals surface area (Å²) in [6, 6.07) is 9.82. The largest absolute Gasteiger partial charge is 0.309 e. The van der Waals surface area contributed by atoms with E-state index in [0.29, 0.717) is 5.56 Å². The molecule has 0 aliphatic heterocycles. The third kappa shape index (κ3) is 3.48. The molecule has 0 heterocycles. The monoisotopic (exact) mass is 289 g/mol. The molecular formula is C18H21F2N. The molecular weight excluding hydrogens is 268 g/mol. The fraction of sp³-hybridized carbons (Fsp3) is 0.333. The molecule has 112 valence electrons. The van der Waals surface area contributed by atoms with Crippen LogP contribution in [0, 0.1) is 11.6 Å². The summed E-state index contributed by atoms with van der Waals surface area (Å²) in [5, 5.41) is 3.18. The van der Waals surface area contributed by atoms with E-state index in [9.17, 15) is 8.78 Å². The fourth-order valence-electron chi connectivity index (χ4n) is 2.70. The van der Waals surface area contributed by atoms with Gasteiger partial charge >= 0.3 is 0 Å². The summed E-state index contributed by atoms with van der Waals surface area (Å²) in [7, 11) is 1.81. The highest BCUT2D eigenvalue weighted by Gasteiger charge is 2.17. The Balaban J connectivity index is 2.54. The van der Waals surface area contributed by atoms with Gasteiger partial charge in [0.15, 0.2) is 0 Å². The van der Waals surface area contributed by atoms with Crippen LogP contribution in [0.5, 0.6) is 0 Å². The number of nitrogens with one attached hydrogen (secondary N) is 1. The lowest BCUT2D eigenvalue weighted by molar-refractivity contribution is 0.571. The molecule has 0 aliphatic carbocycles. The summed E-state index contributed by atoms with van der Waals surface area (Å²) in [5.74, 6) is -1.09. The molecule has 21 heavy (non-hydrogen) atoms. The normalized spacial score (nSPS) is 12.4. The zero-order valence-corrected chi connectivity index (χ0v) is 12.7. The van der Waals surface area contributed by atoms with Crippen LogP contribution in [0.2, 0.25) is 0 Å². The summed E-state index contributed by atoms with van der Waals surface area (Å²) >= 11 is 0. The lowest BCUT2D eigenvalue weighted by Gasteiger charge is -2.21. The molecule has 2 rings (SSSR count). The van der Waals surface area contributed by atoms with Crippen LogP contribution >= 0.6 is 0 Å². The Bertz CT molecular complexity index is 602. The van der Waals surface area contributed by atoms with Crippen molar-refractivity contribution in [3.63, 3.8) is 0 Å². The van der Waals surface area contributed by atoms with Crippen molar-refractivity contribution in [1.82, 2.24) is 5.32 Å². The van der Waals surface area contributed by atoms with Crippen LogP contribution in [-0.4, -0.2) is 7.05 Å². The number of hydrogen-bond acceptors (Lipinski definition) is 1. The highest BCUT2D eigenvalue weighted by Crippen LogP contribution is 2.27. The number of rotatable bonds is 5. The van der Waals surface area contributed by atoms with E-state index in [1.54, 1.807) is 0 Å². The molecule has 2 aromatic rings. The molecule has 1 nitrogen and oxygen atoms in total. The Hall–Kier alpha value is -1.74. The highest BCUT2D eigenvalue weighted by atomic mass is 19.1. The first-order valence-electron chi connectivity index (χ1n) is 7.34. The van der Waals surface area contributed by atoms with Gasteiger partial charge in [-0.1, -0.05) is 32.0 Å². The zero-order valence-electron chi connectivity index (χ0n) is 12.7. The predicted molar refractivity (Wildman–Crippen MR) is 82.5 cm³/mol. The van der Waals surface area contributed by atoms with Crippen LogP contribution in [0.3, 0.4) is 0 Å². The molecule has 0 amide bonds. The molecule has 1 atom stereocenters. The molecule has 0 aliphatic rings. The van der Waals surface area contributed by atoms with E-state index in [4.69, 9.17) is 0 Å². The third-order valence-corrected chi connectivity index (χ3v) is 3.82. The lowest BCUT2D eigenvalue weighted by Crippen LogP contribution is -2.20. The first-order chi connectivity index (χ1) is 10.1. The number of aryl methyl sites for hydroxylation is 2. The fourth-order valence-corrected chi connectivity index (χ4v) is 2.70. The zero-order chi connectivity index (χ0) is 15.4. The molecule has 0 radical (unpaired) electrons. The Kier molecular flexibility index (Phi) is 5.07. The standard InChI is InChI=1S/C18H21F2N/c1-4-12-6-7-13(5-2)17(8-12)18(21-3)14-9-15(19)11-16(20)10-14/h6-11,18,21H,4-5H2,1-3H3. The first kappa shape index (κ1) is 15.6. The Morgan fingerprint density at radius 2 is 1.62 bits per heavy atom. The molecule has 3 heteroatoms. The van der Waals surface area contributed by atoms with Gasteiger partial charge in [-0.2, -0.15) is 0 Å². The van der Waals surface area contributed by atoms with Gasteiger partial charge in [-0.25, -0.2) is 8.78 Å². The predicted octanol–water partition coefficient (Wildman–Crippen LogP) is 4.40. The van der Waals surface area contributed by atoms with Crippen molar-refractivity contribution in [2.24, 2.45) is 0 Å². The summed E-state index contributed by atoms with van der Waals surface area (Å²) in [6.45, 7) is 4.18. The summed E-state index contributed by atoms with van der Waals surface area (Å²) in [4.78, 5) is 0. The molecule has 0 aromatic heterocycles. The quantitative estimate of drug-likeness (QED) is 0.860. The van der Waals surface area contributed by atoms with E-state index < -0.39 is 11.6 Å². The Morgan fingerprint density at radius 1 is 0.952 bits per heavy atom. The van der Waals surface area contributed by atoms with Crippen LogP contribution in [-0.2, 0) is 12.8 Å². The van der Waals surface area contributed by atoms with E-state index in [1.807, 2.05) is 7.05 Å². The van der Waals surface area contributed by atoms with Crippen molar-refractivity contribution in [3.8, 4) is 0 Å². The van der Waals surface area contributed by atoms with E-state index in [-0.39, 0.29) is 6.04 Å². The molecule has 0 spiro atoms. The highest BCUT2D eigenvalue weighted by molar-refractivity contribution is 5.40. The van der Waals surface area contributed by atoms with Gasteiger partial charge in [-0.05, 0) is 54.3 Å². The van der Waals surface area contributed by atoms with Crippen molar-refractivity contribution in [2.45, 2.75) is 32.7 Å². The van der Waals surface area contributed by atoms with Gasteiger partial charge in [-0.3, -0.25) is 0 Å². The van der Waals surface area contributed by atoms with Crippen molar-refractivity contribution in [1.29, 1.82) is 0 Å². The molecule has 0 saturated carbocycles. The Labute approximate surface area is 125 Å². The summed E-state index contributed by atoms with van der Waals surface area (Å²) < 4.78 is 27.0. The van der Waals surface area contributed by atoms with Gasteiger partial charge in [0.25, 0.3) is 0 Å². The van der Waals surface area contributed by atoms with Gasteiger partial charge in [0.2, 0.25) is 0 Å². The number of hydrogen-bond donors (Lipinski definition) is 1. The van der Waals surface area contributed by atoms with Gasteiger partial charge in [0.05, 0.1) is 6.04 Å². The van der Waals surface area contributed by atoms with Crippen molar-refractivity contribution in [2.75, 3.05) is 7.05 Å². The second-order valence-electron chi connectivity index (χ2n) is 5.16. The van der Waals surface area contributed by atoms with E-state index in [2.05, 4.69) is 37.4 Å². The van der Waals surface area contributed by atoms with Gasteiger partial charge in [0, 0.05) is 6.07 Å². The van der Waals surface area contributed by atoms with E-state index in [0.717, 1.165) is 24.5 Å². The third-order valence-electron chi connectivity index (χ3n) is 3.82. The van der Waals surface area contributed by atoms with Crippen LogP contribution in [0.1, 0.15) is 42.1 Å². The average molecular weight is 289 g/mol. The van der Waals surface area contributed by atoms with E-state index >= 15 is 0 Å². The van der Waals surface area contributed by atoms with Crippen LogP contribution in [0.25, 0.3) is 0 Å². The van der Waals surface area contributed by atoms with Crippen LogP contribution < -0.4 is 5.32 Å². The van der Waals surface area contributed by atoms with Crippen molar-refractivity contribution < 1.29 is 8.78 Å². The topological polar surface area (TPSA) is 12.0 Å². The maximum atomic E-state index is 13.5.